The summed E-state index contributed by atoms with van der Waals surface area (Å²) < 4.78 is 11.5. The Kier molecular flexibility index (Phi) is 3.82. The zero-order valence-electron chi connectivity index (χ0n) is 13.9. The van der Waals surface area contributed by atoms with Crippen LogP contribution in [0.15, 0.2) is 18.2 Å². The monoisotopic (exact) mass is 327 g/mol. The molecule has 0 atom stereocenters. The molecule has 1 spiro atoms. The Balaban J connectivity index is 1.56. The molecule has 126 valence electrons. The summed E-state index contributed by atoms with van der Waals surface area (Å²) in [4.78, 5) is 9.24. The van der Waals surface area contributed by atoms with Crippen LogP contribution in [-0.2, 0) is 9.47 Å². The highest BCUT2D eigenvalue weighted by atomic mass is 16.7. The Labute approximate surface area is 140 Å². The van der Waals surface area contributed by atoms with Crippen LogP contribution in [0.5, 0.6) is 0 Å². The zero-order chi connectivity index (χ0) is 16.6. The average Bonchev–Trinajstić information content (AvgIpc) is 3.17. The van der Waals surface area contributed by atoms with Crippen molar-refractivity contribution in [1.29, 1.82) is 0 Å². The first-order valence-corrected chi connectivity index (χ1v) is 8.24. The molecule has 0 bridgehead atoms. The van der Waals surface area contributed by atoms with Gasteiger partial charge in [-0.15, -0.1) is 0 Å². The fourth-order valence-electron chi connectivity index (χ4n) is 3.16. The highest BCUT2D eigenvalue weighted by molar-refractivity contribution is 5.63. The molecule has 1 saturated heterocycles. The van der Waals surface area contributed by atoms with Crippen molar-refractivity contribution < 1.29 is 9.47 Å². The van der Waals surface area contributed by atoms with Crippen LogP contribution in [0.1, 0.15) is 36.5 Å². The second-order valence-corrected chi connectivity index (χ2v) is 6.32. The van der Waals surface area contributed by atoms with Crippen molar-refractivity contribution in [2.45, 2.75) is 38.9 Å². The van der Waals surface area contributed by atoms with Crippen LogP contribution in [0.3, 0.4) is 0 Å². The number of rotatable bonds is 3. The maximum absolute atomic E-state index is 5.76. The number of hydrogen-bond acceptors (Lipinski definition) is 6. The first-order chi connectivity index (χ1) is 11.6. The topological polar surface area (TPSA) is 85.0 Å². The minimum Gasteiger partial charge on any atom is -0.347 e. The van der Waals surface area contributed by atoms with E-state index in [0.717, 1.165) is 53.7 Å². The molecule has 1 aliphatic heterocycles. The molecule has 3 heterocycles. The second-order valence-electron chi connectivity index (χ2n) is 6.32. The zero-order valence-corrected chi connectivity index (χ0v) is 13.9. The lowest BCUT2D eigenvalue weighted by molar-refractivity contribution is -0.159. The molecule has 24 heavy (non-hydrogen) atoms. The lowest BCUT2D eigenvalue weighted by Gasteiger charge is -2.30. The summed E-state index contributed by atoms with van der Waals surface area (Å²) in [7, 11) is 0. The fourth-order valence-corrected chi connectivity index (χ4v) is 3.16. The first kappa shape index (κ1) is 15.3. The highest BCUT2D eigenvalue weighted by Crippen LogP contribution is 2.37. The van der Waals surface area contributed by atoms with Gasteiger partial charge in [-0.2, -0.15) is 5.10 Å². The van der Waals surface area contributed by atoms with Crippen LogP contribution in [-0.4, -0.2) is 39.2 Å². The molecule has 7 heteroatoms. The van der Waals surface area contributed by atoms with Gasteiger partial charge in [0.25, 0.3) is 0 Å². The van der Waals surface area contributed by atoms with Crippen LogP contribution < -0.4 is 5.32 Å². The lowest BCUT2D eigenvalue weighted by Crippen LogP contribution is -2.31. The number of aryl methyl sites for hydroxylation is 2. The summed E-state index contributed by atoms with van der Waals surface area (Å²) in [5.74, 6) is 1.85. The van der Waals surface area contributed by atoms with Crippen molar-refractivity contribution >= 4 is 17.2 Å². The van der Waals surface area contributed by atoms with E-state index in [2.05, 4.69) is 31.6 Å². The number of nitrogens with one attached hydrogen (secondary N) is 2. The van der Waals surface area contributed by atoms with Gasteiger partial charge in [0.15, 0.2) is 17.4 Å². The normalized spacial score (nSPS) is 19.5. The second kappa shape index (κ2) is 5.99. The number of nitrogens with zero attached hydrogens (tertiary/aromatic N) is 3. The summed E-state index contributed by atoms with van der Waals surface area (Å²) in [5, 5.41) is 10.3. The van der Waals surface area contributed by atoms with Gasteiger partial charge in [-0.1, -0.05) is 6.08 Å². The Bertz CT molecular complexity index is 777. The number of H-pyrrole nitrogens is 1. The van der Waals surface area contributed by atoms with Gasteiger partial charge in [0.2, 0.25) is 0 Å². The number of aromatic amines is 1. The molecule has 2 aromatic rings. The Hall–Kier alpha value is -2.25. The maximum Gasteiger partial charge on any atom is 0.172 e. The average molecular weight is 327 g/mol. The Morgan fingerprint density at radius 3 is 2.62 bits per heavy atom. The van der Waals surface area contributed by atoms with E-state index >= 15 is 0 Å². The van der Waals surface area contributed by atoms with Gasteiger partial charge in [-0.25, -0.2) is 9.97 Å². The number of hydrogen-bond donors (Lipinski definition) is 2. The Morgan fingerprint density at radius 1 is 1.12 bits per heavy atom. The number of aromatic nitrogens is 4. The van der Waals surface area contributed by atoms with E-state index in [1.54, 1.807) is 0 Å². The van der Waals surface area contributed by atoms with E-state index in [1.807, 2.05) is 26.0 Å². The van der Waals surface area contributed by atoms with E-state index in [4.69, 9.17) is 9.47 Å². The van der Waals surface area contributed by atoms with Crippen molar-refractivity contribution in [3.05, 3.63) is 35.4 Å². The minimum atomic E-state index is -0.416. The Morgan fingerprint density at radius 2 is 1.96 bits per heavy atom. The molecule has 2 aliphatic rings. The van der Waals surface area contributed by atoms with Crippen LogP contribution in [0.4, 0.5) is 11.6 Å². The number of ether oxygens (including phenoxy) is 2. The van der Waals surface area contributed by atoms with Crippen molar-refractivity contribution in [2.75, 3.05) is 18.5 Å². The molecule has 1 fully saturated rings. The predicted molar refractivity (Wildman–Crippen MR) is 89.8 cm³/mol. The van der Waals surface area contributed by atoms with Crippen LogP contribution >= 0.6 is 0 Å². The largest absolute Gasteiger partial charge is 0.347 e. The van der Waals surface area contributed by atoms with E-state index in [0.29, 0.717) is 13.2 Å². The summed E-state index contributed by atoms with van der Waals surface area (Å²) in [6.45, 7) is 5.30. The van der Waals surface area contributed by atoms with Gasteiger partial charge >= 0.3 is 0 Å². The molecule has 0 amide bonds. The minimum absolute atomic E-state index is 0.416. The lowest BCUT2D eigenvalue weighted by atomic mass is 9.93. The standard InChI is InChI=1S/C17H21N5O2/c1-11-9-14(19-15-10-12(2)21-22-15)20-16(18-11)13-3-5-17(6-4-13)23-7-8-24-17/h3,9-10H,4-8H2,1-2H3,(H2,18,19,20,21,22). The summed E-state index contributed by atoms with van der Waals surface area (Å²) in [5.41, 5.74) is 3.06. The van der Waals surface area contributed by atoms with Crippen LogP contribution in [0.25, 0.3) is 5.57 Å². The fraction of sp³-hybridized carbons (Fsp3) is 0.471. The predicted octanol–water partition coefficient (Wildman–Crippen LogP) is 2.87. The molecular weight excluding hydrogens is 306 g/mol. The van der Waals surface area contributed by atoms with Crippen molar-refractivity contribution in [1.82, 2.24) is 20.2 Å². The molecule has 7 nitrogen and oxygen atoms in total. The van der Waals surface area contributed by atoms with E-state index < -0.39 is 5.79 Å². The smallest absolute Gasteiger partial charge is 0.172 e. The van der Waals surface area contributed by atoms with Crippen LogP contribution in [0.2, 0.25) is 0 Å². The van der Waals surface area contributed by atoms with E-state index in [1.165, 1.54) is 0 Å². The van der Waals surface area contributed by atoms with E-state index in [-0.39, 0.29) is 0 Å². The molecule has 0 saturated carbocycles. The summed E-state index contributed by atoms with van der Waals surface area (Å²) in [6.07, 6.45) is 4.59. The highest BCUT2D eigenvalue weighted by Gasteiger charge is 2.38. The quantitative estimate of drug-likeness (QED) is 0.902. The van der Waals surface area contributed by atoms with Gasteiger partial charge in [-0.3, -0.25) is 5.10 Å². The third kappa shape index (κ3) is 3.05. The van der Waals surface area contributed by atoms with Gasteiger partial charge in [0.05, 0.1) is 13.2 Å². The van der Waals surface area contributed by atoms with Gasteiger partial charge in [-0.05, 0) is 25.8 Å². The molecule has 1 aliphatic carbocycles. The SMILES string of the molecule is Cc1cc(Nc2cc(C)[nH]n2)nc(C2=CCC3(CC2)OCCO3)n1. The van der Waals surface area contributed by atoms with Gasteiger partial charge < -0.3 is 14.8 Å². The summed E-state index contributed by atoms with van der Waals surface area (Å²) in [6, 6.07) is 3.86. The maximum atomic E-state index is 5.76. The van der Waals surface area contributed by atoms with Crippen molar-refractivity contribution in [2.24, 2.45) is 0 Å². The molecule has 2 aromatic heterocycles. The van der Waals surface area contributed by atoms with E-state index in [9.17, 15) is 0 Å². The third-order valence-corrected chi connectivity index (χ3v) is 4.35. The van der Waals surface area contributed by atoms with Crippen LogP contribution in [0, 0.1) is 13.8 Å². The molecule has 2 N–H and O–H groups in total. The van der Waals surface area contributed by atoms with Gasteiger partial charge in [0, 0.05) is 36.4 Å². The molecule has 0 aromatic carbocycles. The third-order valence-electron chi connectivity index (χ3n) is 4.35. The first-order valence-electron chi connectivity index (χ1n) is 8.24. The molecule has 0 radical (unpaired) electrons. The number of anilines is 2. The summed E-state index contributed by atoms with van der Waals surface area (Å²) >= 11 is 0. The van der Waals surface area contributed by atoms with Crippen molar-refractivity contribution in [3.63, 3.8) is 0 Å². The van der Waals surface area contributed by atoms with Crippen molar-refractivity contribution in [3.8, 4) is 0 Å². The number of allylic oxidation sites excluding steroid dienone is 1. The molecule has 4 rings (SSSR count). The molecule has 0 unspecified atom stereocenters. The van der Waals surface area contributed by atoms with Gasteiger partial charge in [0.1, 0.15) is 5.82 Å². The molecular formula is C17H21N5O2.